The van der Waals surface area contributed by atoms with E-state index in [0.29, 0.717) is 17.9 Å². The minimum absolute atomic E-state index is 0.0806. The summed E-state index contributed by atoms with van der Waals surface area (Å²) in [6.07, 6.45) is -0.360. The maximum absolute atomic E-state index is 13.4. The monoisotopic (exact) mass is 454 g/mol. The van der Waals surface area contributed by atoms with E-state index in [2.05, 4.69) is 15.6 Å². The maximum atomic E-state index is 13.4. The minimum atomic E-state index is -1.19. The van der Waals surface area contributed by atoms with Crippen molar-refractivity contribution in [3.8, 4) is 16.9 Å². The molecule has 4 N–H and O–H groups in total. The number of guanidine groups is 1. The molecule has 2 heterocycles. The van der Waals surface area contributed by atoms with E-state index in [4.69, 9.17) is 10.5 Å². The van der Waals surface area contributed by atoms with Crippen molar-refractivity contribution < 1.29 is 14.3 Å². The van der Waals surface area contributed by atoms with E-state index in [1.54, 1.807) is 0 Å². The predicted molar refractivity (Wildman–Crippen MR) is 130 cm³/mol. The second-order valence-electron chi connectivity index (χ2n) is 8.78. The number of fused-ring (bicyclic) bond motifs is 2. The molecule has 3 aromatic rings. The van der Waals surface area contributed by atoms with Crippen LogP contribution in [0.5, 0.6) is 5.75 Å². The number of benzene rings is 3. The molecule has 34 heavy (non-hydrogen) atoms. The van der Waals surface area contributed by atoms with Crippen LogP contribution in [-0.4, -0.2) is 17.8 Å². The van der Waals surface area contributed by atoms with Crippen LogP contribution < -0.4 is 21.1 Å². The van der Waals surface area contributed by atoms with Gasteiger partial charge in [0.15, 0.2) is 11.5 Å². The topological polar surface area (TPSA) is 106 Å². The van der Waals surface area contributed by atoms with E-state index in [1.165, 1.54) is 6.92 Å². The highest BCUT2D eigenvalue weighted by Crippen LogP contribution is 2.52. The van der Waals surface area contributed by atoms with Gasteiger partial charge in [-0.2, -0.15) is 0 Å². The minimum Gasteiger partial charge on any atom is -0.485 e. The summed E-state index contributed by atoms with van der Waals surface area (Å²) in [5.41, 5.74) is 9.35. The lowest BCUT2D eigenvalue weighted by Crippen LogP contribution is -2.48. The molecule has 0 fully saturated rings. The van der Waals surface area contributed by atoms with Gasteiger partial charge in [-0.1, -0.05) is 61.5 Å². The molecule has 172 valence electrons. The van der Waals surface area contributed by atoms with Gasteiger partial charge in [0, 0.05) is 24.9 Å². The van der Waals surface area contributed by atoms with E-state index >= 15 is 0 Å². The second kappa shape index (κ2) is 8.33. The van der Waals surface area contributed by atoms with Crippen molar-refractivity contribution in [1.82, 2.24) is 10.6 Å². The third-order valence-electron chi connectivity index (χ3n) is 6.57. The van der Waals surface area contributed by atoms with Crippen molar-refractivity contribution in [2.45, 2.75) is 32.0 Å². The molecule has 1 unspecified atom stereocenters. The van der Waals surface area contributed by atoms with Gasteiger partial charge >= 0.3 is 0 Å². The first kappa shape index (κ1) is 21.7. The zero-order valence-electron chi connectivity index (χ0n) is 19.0. The van der Waals surface area contributed by atoms with Crippen molar-refractivity contribution in [3.05, 3.63) is 89.5 Å². The van der Waals surface area contributed by atoms with Gasteiger partial charge in [-0.15, -0.1) is 0 Å². The van der Waals surface area contributed by atoms with Gasteiger partial charge < -0.3 is 15.8 Å². The van der Waals surface area contributed by atoms with Gasteiger partial charge in [0.05, 0.1) is 0 Å². The van der Waals surface area contributed by atoms with Crippen LogP contribution >= 0.6 is 0 Å². The zero-order chi connectivity index (χ0) is 23.9. The van der Waals surface area contributed by atoms with Gasteiger partial charge in [0.25, 0.3) is 5.91 Å². The second-order valence-corrected chi connectivity index (χ2v) is 8.78. The Hall–Kier alpha value is -4.13. The summed E-state index contributed by atoms with van der Waals surface area (Å²) in [6.45, 7) is 3.92. The normalized spacial score (nSPS) is 23.0. The van der Waals surface area contributed by atoms with Crippen molar-refractivity contribution >= 4 is 17.8 Å². The smallest absolute Gasteiger partial charge is 0.259 e. The Bertz CT molecular complexity index is 1300. The van der Waals surface area contributed by atoms with Gasteiger partial charge in [-0.05, 0) is 40.5 Å². The lowest BCUT2D eigenvalue weighted by atomic mass is 9.72. The third-order valence-corrected chi connectivity index (χ3v) is 6.57. The fraction of sp³-hybridized carbons (Fsp3) is 0.222. The van der Waals surface area contributed by atoms with E-state index in [0.717, 1.165) is 22.3 Å². The fourth-order valence-corrected chi connectivity index (χ4v) is 4.87. The molecule has 7 heteroatoms. The maximum Gasteiger partial charge on any atom is 0.259 e. The highest BCUT2D eigenvalue weighted by Gasteiger charge is 2.56. The number of hydrogen-bond acceptors (Lipinski definition) is 5. The first-order valence-corrected chi connectivity index (χ1v) is 11.2. The average molecular weight is 455 g/mol. The lowest BCUT2D eigenvalue weighted by Gasteiger charge is -2.42. The number of hydrogen-bond donors (Lipinski definition) is 3. The Kier molecular flexibility index (Phi) is 5.32. The number of carbonyl (C=O) groups is 2. The zero-order valence-corrected chi connectivity index (χ0v) is 19.0. The summed E-state index contributed by atoms with van der Waals surface area (Å²) in [5, 5.41) is 5.53. The first-order chi connectivity index (χ1) is 16.4. The quantitative estimate of drug-likeness (QED) is 0.562. The first-order valence-electron chi connectivity index (χ1n) is 11.2. The number of nitrogens with zero attached hydrogens (tertiary/aromatic N) is 1. The van der Waals surface area contributed by atoms with Gasteiger partial charge in [0.2, 0.25) is 5.91 Å². The molecule has 0 aliphatic carbocycles. The van der Waals surface area contributed by atoms with Crippen LogP contribution in [-0.2, 0) is 21.7 Å². The van der Waals surface area contributed by atoms with Crippen LogP contribution in [0.25, 0.3) is 11.1 Å². The standard InChI is InChI=1S/C27H26N4O3/c1-16-24(19-8-4-3-5-9-19)34-23-12-11-21(14-22(23)27(16)25(33)30-26(28)31-27)20-10-6-7-18(13-20)15-29-17(2)32/h3-14,16,24H,15H2,1-2H3,(H,29,32)(H3,28,30,31,33)/t16?,24-,27-/m1/s1. The van der Waals surface area contributed by atoms with Crippen LogP contribution in [0, 0.1) is 5.92 Å². The number of aliphatic imine (C=N–C) groups is 1. The summed E-state index contributed by atoms with van der Waals surface area (Å²) in [7, 11) is 0. The molecule has 0 saturated carbocycles. The molecule has 3 aromatic carbocycles. The molecule has 0 radical (unpaired) electrons. The van der Waals surface area contributed by atoms with Crippen LogP contribution in [0.15, 0.2) is 77.8 Å². The van der Waals surface area contributed by atoms with E-state index in [9.17, 15) is 9.59 Å². The molecule has 7 nitrogen and oxygen atoms in total. The average Bonchev–Trinajstić information content (AvgIpc) is 3.15. The van der Waals surface area contributed by atoms with Crippen LogP contribution in [0.1, 0.15) is 36.6 Å². The Labute approximate surface area is 198 Å². The molecule has 0 saturated heterocycles. The van der Waals surface area contributed by atoms with Crippen molar-refractivity contribution in [1.29, 1.82) is 0 Å². The number of nitrogens with two attached hydrogens (primary N) is 1. The molecule has 5 rings (SSSR count). The highest BCUT2D eigenvalue weighted by molar-refractivity contribution is 6.08. The number of nitrogens with one attached hydrogen (secondary N) is 2. The summed E-state index contributed by atoms with van der Waals surface area (Å²) in [6, 6.07) is 23.6. The summed E-state index contributed by atoms with van der Waals surface area (Å²) in [5.74, 6) is 0.0881. The molecular weight excluding hydrogens is 428 g/mol. The Morgan fingerprint density at radius 3 is 2.56 bits per heavy atom. The fourth-order valence-electron chi connectivity index (χ4n) is 4.87. The van der Waals surface area contributed by atoms with Crippen molar-refractivity contribution in [2.24, 2.45) is 16.6 Å². The molecule has 0 aromatic heterocycles. The summed E-state index contributed by atoms with van der Waals surface area (Å²) in [4.78, 5) is 29.3. The van der Waals surface area contributed by atoms with Gasteiger partial charge in [-0.3, -0.25) is 14.9 Å². The Morgan fingerprint density at radius 2 is 1.85 bits per heavy atom. The van der Waals surface area contributed by atoms with Crippen molar-refractivity contribution in [2.75, 3.05) is 0 Å². The van der Waals surface area contributed by atoms with Crippen LogP contribution in [0.4, 0.5) is 0 Å². The molecule has 2 aliphatic heterocycles. The van der Waals surface area contributed by atoms with Gasteiger partial charge in [0.1, 0.15) is 11.9 Å². The summed E-state index contributed by atoms with van der Waals surface area (Å²) < 4.78 is 6.44. The third kappa shape index (κ3) is 3.59. The van der Waals surface area contributed by atoms with E-state index in [-0.39, 0.29) is 29.8 Å². The Balaban J connectivity index is 1.61. The molecule has 0 bridgehead atoms. The lowest BCUT2D eigenvalue weighted by molar-refractivity contribution is -0.128. The van der Waals surface area contributed by atoms with Crippen LogP contribution in [0.3, 0.4) is 0 Å². The summed E-state index contributed by atoms with van der Waals surface area (Å²) >= 11 is 0. The highest BCUT2D eigenvalue weighted by atomic mass is 16.5. The SMILES string of the molecule is CC(=O)NCc1cccc(-c2ccc3c(c2)[C@]2(N=C(N)NC2=O)C(C)[C@H](c2ccccc2)O3)c1. The number of rotatable bonds is 4. The molecule has 2 amide bonds. The Morgan fingerprint density at radius 1 is 1.09 bits per heavy atom. The van der Waals surface area contributed by atoms with Crippen molar-refractivity contribution in [3.63, 3.8) is 0 Å². The van der Waals surface area contributed by atoms with E-state index < -0.39 is 5.54 Å². The number of ether oxygens (including phenoxy) is 1. The number of carbonyl (C=O) groups excluding carboxylic acids is 2. The largest absolute Gasteiger partial charge is 0.485 e. The molecule has 1 spiro atoms. The predicted octanol–water partition coefficient (Wildman–Crippen LogP) is 3.40. The molecule has 3 atom stereocenters. The van der Waals surface area contributed by atoms with E-state index in [1.807, 2.05) is 79.7 Å². The van der Waals surface area contributed by atoms with Crippen LogP contribution in [0.2, 0.25) is 0 Å². The molecular formula is C27H26N4O3. The number of amides is 2. The molecule has 2 aliphatic rings. The van der Waals surface area contributed by atoms with Gasteiger partial charge in [-0.25, -0.2) is 4.99 Å².